The van der Waals surface area contributed by atoms with Crippen molar-refractivity contribution in [2.45, 2.75) is 50.5 Å². The Balaban J connectivity index is 2.00. The van der Waals surface area contributed by atoms with E-state index in [2.05, 4.69) is 19.1 Å². The van der Waals surface area contributed by atoms with Gasteiger partial charge in [-0.25, -0.2) is 8.42 Å². The second-order valence-corrected chi connectivity index (χ2v) is 9.45. The summed E-state index contributed by atoms with van der Waals surface area (Å²) in [4.78, 5) is 2.81. The molecule has 3 nitrogen and oxygen atoms in total. The smallest absolute Gasteiger partial charge is 0.207 e. The molecule has 0 spiro atoms. The van der Waals surface area contributed by atoms with Crippen molar-refractivity contribution in [1.82, 2.24) is 4.31 Å². The minimum absolute atomic E-state index is 0.0255. The fraction of sp³-hybridized carbons (Fsp3) is 0.444. The maximum Gasteiger partial charge on any atom is 0.243 e. The summed E-state index contributed by atoms with van der Waals surface area (Å²) in [7, 11) is -3.45. The van der Waals surface area contributed by atoms with Crippen molar-refractivity contribution >= 4 is 21.4 Å². The van der Waals surface area contributed by atoms with Gasteiger partial charge in [0.05, 0.1) is 10.9 Å². The molecular formula is C18H23NO2S2. The van der Waals surface area contributed by atoms with Crippen LogP contribution in [0.15, 0.2) is 41.3 Å². The number of sulfonamides is 1. The number of aryl methyl sites for hydroxylation is 2. The highest BCUT2D eigenvalue weighted by Gasteiger charge is 2.33. The van der Waals surface area contributed by atoms with E-state index in [0.717, 1.165) is 31.2 Å². The first-order valence-electron chi connectivity index (χ1n) is 8.13. The van der Waals surface area contributed by atoms with Crippen LogP contribution >= 0.6 is 11.3 Å². The van der Waals surface area contributed by atoms with Gasteiger partial charge in [0.25, 0.3) is 0 Å². The molecular weight excluding hydrogens is 326 g/mol. The van der Waals surface area contributed by atoms with Gasteiger partial charge in [0.1, 0.15) is 0 Å². The van der Waals surface area contributed by atoms with Crippen molar-refractivity contribution in [3.63, 3.8) is 0 Å². The first-order valence-corrected chi connectivity index (χ1v) is 10.4. The zero-order chi connectivity index (χ0) is 16.4. The first kappa shape index (κ1) is 16.7. The SMILES string of the molecule is Cc1ccc(S(=O)(=O)N2CCCCC[C@H]2c2ccc(C)s2)cc1. The lowest BCUT2D eigenvalue weighted by molar-refractivity contribution is 0.333. The lowest BCUT2D eigenvalue weighted by Crippen LogP contribution is -2.34. The van der Waals surface area contributed by atoms with Gasteiger partial charge in [0.2, 0.25) is 10.0 Å². The molecule has 124 valence electrons. The molecule has 0 bridgehead atoms. The fourth-order valence-electron chi connectivity index (χ4n) is 3.13. The second-order valence-electron chi connectivity index (χ2n) is 6.24. The minimum atomic E-state index is -3.45. The Labute approximate surface area is 143 Å². The molecule has 23 heavy (non-hydrogen) atoms. The highest BCUT2D eigenvalue weighted by molar-refractivity contribution is 7.89. The molecule has 1 atom stereocenters. The van der Waals surface area contributed by atoms with Gasteiger partial charge in [0.15, 0.2) is 0 Å². The standard InChI is InChI=1S/C18H23NO2S2/c1-14-7-10-16(11-8-14)23(20,21)19-13-5-3-4-6-17(19)18-12-9-15(2)22-18/h7-12,17H,3-6,13H2,1-2H3/t17-/m0/s1. The van der Waals surface area contributed by atoms with E-state index in [1.807, 2.05) is 19.1 Å². The molecule has 0 aliphatic carbocycles. The maximum atomic E-state index is 13.2. The molecule has 1 aromatic carbocycles. The summed E-state index contributed by atoms with van der Waals surface area (Å²) in [5, 5.41) is 0. The Hall–Kier alpha value is -1.17. The number of rotatable bonds is 3. The summed E-state index contributed by atoms with van der Waals surface area (Å²) in [6.07, 6.45) is 4.03. The summed E-state index contributed by atoms with van der Waals surface area (Å²) < 4.78 is 28.1. The largest absolute Gasteiger partial charge is 0.243 e. The molecule has 0 amide bonds. The van der Waals surface area contributed by atoms with Gasteiger partial charge in [-0.2, -0.15) is 4.31 Å². The predicted molar refractivity (Wildman–Crippen MR) is 95.3 cm³/mol. The third-order valence-corrected chi connectivity index (χ3v) is 7.45. The molecule has 3 rings (SSSR count). The molecule has 0 radical (unpaired) electrons. The Morgan fingerprint density at radius 1 is 1.00 bits per heavy atom. The Bertz CT molecular complexity index is 763. The van der Waals surface area contributed by atoms with Gasteiger partial charge >= 0.3 is 0 Å². The van der Waals surface area contributed by atoms with Crippen molar-refractivity contribution in [3.8, 4) is 0 Å². The van der Waals surface area contributed by atoms with Crippen LogP contribution in [0.4, 0.5) is 0 Å². The van der Waals surface area contributed by atoms with Gasteiger partial charge in [-0.15, -0.1) is 11.3 Å². The Morgan fingerprint density at radius 2 is 1.74 bits per heavy atom. The number of hydrogen-bond donors (Lipinski definition) is 0. The van der Waals surface area contributed by atoms with Crippen molar-refractivity contribution in [1.29, 1.82) is 0 Å². The lowest BCUT2D eigenvalue weighted by atomic mass is 10.1. The van der Waals surface area contributed by atoms with E-state index < -0.39 is 10.0 Å². The van der Waals surface area contributed by atoms with E-state index in [-0.39, 0.29) is 6.04 Å². The lowest BCUT2D eigenvalue weighted by Gasteiger charge is -2.28. The maximum absolute atomic E-state index is 13.2. The molecule has 0 N–H and O–H groups in total. The molecule has 1 saturated heterocycles. The van der Waals surface area contributed by atoms with Crippen LogP contribution in [0.3, 0.4) is 0 Å². The van der Waals surface area contributed by atoms with Crippen LogP contribution in [0, 0.1) is 13.8 Å². The molecule has 2 heterocycles. The van der Waals surface area contributed by atoms with Gasteiger partial charge in [-0.05, 0) is 51.0 Å². The fourth-order valence-corrected chi connectivity index (χ4v) is 5.90. The van der Waals surface area contributed by atoms with Crippen molar-refractivity contribution in [2.75, 3.05) is 6.54 Å². The van der Waals surface area contributed by atoms with Crippen LogP contribution in [-0.4, -0.2) is 19.3 Å². The molecule has 5 heteroatoms. The summed E-state index contributed by atoms with van der Waals surface area (Å²) in [6, 6.07) is 11.3. The number of benzene rings is 1. The van der Waals surface area contributed by atoms with Crippen LogP contribution < -0.4 is 0 Å². The van der Waals surface area contributed by atoms with E-state index in [1.54, 1.807) is 27.8 Å². The average Bonchev–Trinajstić information content (AvgIpc) is 2.80. The highest BCUT2D eigenvalue weighted by atomic mass is 32.2. The van der Waals surface area contributed by atoms with Gasteiger partial charge in [-0.1, -0.05) is 30.5 Å². The van der Waals surface area contributed by atoms with E-state index in [0.29, 0.717) is 11.4 Å². The zero-order valence-electron chi connectivity index (χ0n) is 13.7. The van der Waals surface area contributed by atoms with E-state index in [1.165, 1.54) is 9.75 Å². The van der Waals surface area contributed by atoms with E-state index in [9.17, 15) is 8.42 Å². The van der Waals surface area contributed by atoms with Crippen molar-refractivity contribution in [2.24, 2.45) is 0 Å². The monoisotopic (exact) mass is 349 g/mol. The van der Waals surface area contributed by atoms with Gasteiger partial charge < -0.3 is 0 Å². The van der Waals surface area contributed by atoms with E-state index in [4.69, 9.17) is 0 Å². The molecule has 1 aromatic heterocycles. The number of thiophene rings is 1. The average molecular weight is 350 g/mol. The quantitative estimate of drug-likeness (QED) is 0.807. The van der Waals surface area contributed by atoms with Crippen molar-refractivity contribution < 1.29 is 8.42 Å². The summed E-state index contributed by atoms with van der Waals surface area (Å²) in [6.45, 7) is 4.65. The second kappa shape index (κ2) is 6.75. The molecule has 1 aliphatic rings. The first-order chi connectivity index (χ1) is 11.0. The predicted octanol–water partition coefficient (Wildman–Crippen LogP) is 4.67. The Morgan fingerprint density at radius 3 is 2.39 bits per heavy atom. The van der Waals surface area contributed by atoms with Crippen molar-refractivity contribution in [3.05, 3.63) is 51.7 Å². The zero-order valence-corrected chi connectivity index (χ0v) is 15.3. The summed E-state index contributed by atoms with van der Waals surface area (Å²) in [5.74, 6) is 0. The molecule has 0 unspecified atom stereocenters. The third-order valence-electron chi connectivity index (χ3n) is 4.42. The number of hydrogen-bond acceptors (Lipinski definition) is 3. The van der Waals surface area contributed by atoms with Crippen LogP contribution in [0.25, 0.3) is 0 Å². The molecule has 1 aliphatic heterocycles. The number of nitrogens with zero attached hydrogens (tertiary/aromatic N) is 1. The van der Waals surface area contributed by atoms with Crippen LogP contribution in [0.5, 0.6) is 0 Å². The highest BCUT2D eigenvalue weighted by Crippen LogP contribution is 2.37. The topological polar surface area (TPSA) is 37.4 Å². The van der Waals surface area contributed by atoms with Gasteiger partial charge in [-0.3, -0.25) is 0 Å². The summed E-state index contributed by atoms with van der Waals surface area (Å²) >= 11 is 1.71. The molecule has 0 saturated carbocycles. The Kier molecular flexibility index (Phi) is 4.90. The van der Waals surface area contributed by atoms with Crippen LogP contribution in [0.1, 0.15) is 47.0 Å². The normalized spacial score (nSPS) is 20.3. The molecule has 1 fully saturated rings. The van der Waals surface area contributed by atoms with E-state index >= 15 is 0 Å². The molecule has 2 aromatic rings. The van der Waals surface area contributed by atoms with Gasteiger partial charge in [0, 0.05) is 16.3 Å². The third kappa shape index (κ3) is 3.52. The van der Waals surface area contributed by atoms with Crippen LogP contribution in [-0.2, 0) is 10.0 Å². The van der Waals surface area contributed by atoms with Crippen LogP contribution in [0.2, 0.25) is 0 Å². The summed E-state index contributed by atoms with van der Waals surface area (Å²) in [5.41, 5.74) is 1.07. The minimum Gasteiger partial charge on any atom is -0.207 e.